The highest BCUT2D eigenvalue weighted by Gasteiger charge is 2.32. The largest absolute Gasteiger partial charge is 0.459 e. The van der Waals surface area contributed by atoms with Crippen molar-refractivity contribution in [2.75, 3.05) is 13.1 Å². The van der Waals surface area contributed by atoms with Crippen molar-refractivity contribution in [1.29, 1.82) is 0 Å². The zero-order valence-corrected chi connectivity index (χ0v) is 16.6. The van der Waals surface area contributed by atoms with E-state index in [0.717, 1.165) is 5.69 Å². The minimum Gasteiger partial charge on any atom is -0.459 e. The van der Waals surface area contributed by atoms with Crippen LogP contribution in [0.15, 0.2) is 47.2 Å². The highest BCUT2D eigenvalue weighted by atomic mass is 16.6. The zero-order chi connectivity index (χ0) is 20.1. The Labute approximate surface area is 165 Å². The van der Waals surface area contributed by atoms with Crippen molar-refractivity contribution in [3.63, 3.8) is 0 Å². The molecule has 2 amide bonds. The Morgan fingerprint density at radius 1 is 1.21 bits per heavy atom. The third-order valence-corrected chi connectivity index (χ3v) is 4.61. The van der Waals surface area contributed by atoms with Gasteiger partial charge in [-0.2, -0.15) is 0 Å². The van der Waals surface area contributed by atoms with Crippen LogP contribution in [0.25, 0.3) is 0 Å². The number of likely N-dealkylation sites (tertiary alicyclic amines) is 1. The fourth-order valence-corrected chi connectivity index (χ4v) is 3.26. The highest BCUT2D eigenvalue weighted by molar-refractivity contribution is 5.91. The predicted octanol–water partition coefficient (Wildman–Crippen LogP) is 3.72. The zero-order valence-electron chi connectivity index (χ0n) is 16.6. The van der Waals surface area contributed by atoms with E-state index in [0.29, 0.717) is 38.2 Å². The normalized spacial score (nSPS) is 15.3. The molecule has 1 fully saturated rings. The summed E-state index contributed by atoms with van der Waals surface area (Å²) in [6.45, 7) is 7.06. The van der Waals surface area contributed by atoms with E-state index in [4.69, 9.17) is 9.15 Å². The topological polar surface area (TPSA) is 75.9 Å². The first-order valence-electron chi connectivity index (χ1n) is 9.56. The van der Waals surface area contributed by atoms with Gasteiger partial charge < -0.3 is 19.0 Å². The van der Waals surface area contributed by atoms with Crippen molar-refractivity contribution >= 4 is 12.0 Å². The summed E-state index contributed by atoms with van der Waals surface area (Å²) in [6.07, 6.45) is 4.27. The molecule has 150 valence electrons. The van der Waals surface area contributed by atoms with Crippen LogP contribution in [0, 0.1) is 0 Å². The fourth-order valence-electron chi connectivity index (χ4n) is 3.26. The fraction of sp³-hybridized carbons (Fsp3) is 0.476. The number of rotatable bonds is 4. The molecule has 0 aromatic carbocycles. The molecule has 0 aliphatic carbocycles. The van der Waals surface area contributed by atoms with E-state index in [1.54, 1.807) is 28.1 Å². The molecule has 0 radical (unpaired) electrons. The molecule has 1 aliphatic rings. The van der Waals surface area contributed by atoms with Crippen molar-refractivity contribution in [3.8, 4) is 0 Å². The Morgan fingerprint density at radius 3 is 2.54 bits per heavy atom. The summed E-state index contributed by atoms with van der Waals surface area (Å²) in [4.78, 5) is 33.2. The van der Waals surface area contributed by atoms with Crippen molar-refractivity contribution in [1.82, 2.24) is 14.8 Å². The molecule has 2 aromatic rings. The molecule has 0 spiro atoms. The predicted molar refractivity (Wildman–Crippen MR) is 104 cm³/mol. The lowest BCUT2D eigenvalue weighted by atomic mass is 10.0. The summed E-state index contributed by atoms with van der Waals surface area (Å²) in [5, 5.41) is 0. The molecule has 3 rings (SSSR count). The number of ether oxygens (including phenoxy) is 1. The second-order valence-electron chi connectivity index (χ2n) is 7.93. The number of aromatic nitrogens is 1. The maximum atomic E-state index is 13.0. The number of nitrogens with zero attached hydrogens (tertiary/aromatic N) is 3. The van der Waals surface area contributed by atoms with Gasteiger partial charge in [-0.3, -0.25) is 9.78 Å². The van der Waals surface area contributed by atoms with Gasteiger partial charge in [0, 0.05) is 25.3 Å². The third-order valence-electron chi connectivity index (χ3n) is 4.61. The van der Waals surface area contributed by atoms with Gasteiger partial charge in [0.25, 0.3) is 5.91 Å². The molecule has 7 heteroatoms. The van der Waals surface area contributed by atoms with E-state index in [2.05, 4.69) is 4.98 Å². The smallest absolute Gasteiger partial charge is 0.410 e. The van der Waals surface area contributed by atoms with Crippen LogP contribution in [-0.4, -0.2) is 51.5 Å². The van der Waals surface area contributed by atoms with Crippen molar-refractivity contribution in [2.45, 2.75) is 51.8 Å². The molecular weight excluding hydrogens is 358 g/mol. The quantitative estimate of drug-likeness (QED) is 0.802. The second-order valence-corrected chi connectivity index (χ2v) is 7.93. The van der Waals surface area contributed by atoms with Crippen molar-refractivity contribution < 1.29 is 18.7 Å². The standard InChI is InChI=1S/C21H27N3O4/c1-21(2,3)28-20(26)23-12-9-17(10-13-23)24(15-16-7-4-5-11-22-16)19(25)18-8-6-14-27-18/h4-8,11,14,17H,9-10,12-13,15H2,1-3H3. The van der Waals surface area contributed by atoms with Crippen LogP contribution in [0.2, 0.25) is 0 Å². The SMILES string of the molecule is CC(C)(C)OC(=O)N1CCC(N(Cc2ccccn2)C(=O)c2ccco2)CC1. The first-order chi connectivity index (χ1) is 13.3. The van der Waals surface area contributed by atoms with E-state index in [1.165, 1.54) is 6.26 Å². The number of furan rings is 1. The number of hydrogen-bond donors (Lipinski definition) is 0. The minimum absolute atomic E-state index is 0.00158. The van der Waals surface area contributed by atoms with E-state index in [1.807, 2.05) is 39.0 Å². The highest BCUT2D eigenvalue weighted by Crippen LogP contribution is 2.22. The third kappa shape index (κ3) is 5.12. The number of pyridine rings is 1. The van der Waals surface area contributed by atoms with Gasteiger partial charge in [-0.25, -0.2) is 4.79 Å². The Hall–Kier alpha value is -2.83. The first kappa shape index (κ1) is 19.9. The van der Waals surface area contributed by atoms with Crippen LogP contribution in [0.5, 0.6) is 0 Å². The average Bonchev–Trinajstić information content (AvgIpc) is 3.20. The first-order valence-corrected chi connectivity index (χ1v) is 9.56. The molecule has 28 heavy (non-hydrogen) atoms. The molecule has 0 atom stereocenters. The number of carbonyl (C=O) groups excluding carboxylic acids is 2. The molecule has 2 aromatic heterocycles. The van der Waals surface area contributed by atoms with Gasteiger partial charge >= 0.3 is 6.09 Å². The van der Waals surface area contributed by atoms with Crippen LogP contribution in [0.3, 0.4) is 0 Å². The lowest BCUT2D eigenvalue weighted by Crippen LogP contribution is -2.49. The van der Waals surface area contributed by atoms with Crippen molar-refractivity contribution in [2.24, 2.45) is 0 Å². The lowest BCUT2D eigenvalue weighted by molar-refractivity contribution is 0.0137. The maximum Gasteiger partial charge on any atom is 0.410 e. The second kappa shape index (κ2) is 8.46. The minimum atomic E-state index is -0.520. The van der Waals surface area contributed by atoms with Crippen LogP contribution in [0.1, 0.15) is 49.9 Å². The number of amides is 2. The van der Waals surface area contributed by atoms with Crippen LogP contribution < -0.4 is 0 Å². The Morgan fingerprint density at radius 2 is 1.96 bits per heavy atom. The van der Waals surface area contributed by atoms with Gasteiger partial charge in [-0.05, 0) is 57.9 Å². The molecule has 0 N–H and O–H groups in total. The monoisotopic (exact) mass is 385 g/mol. The lowest BCUT2D eigenvalue weighted by Gasteiger charge is -2.38. The summed E-state index contributed by atoms with van der Waals surface area (Å²) in [5.74, 6) is 0.150. The summed E-state index contributed by atoms with van der Waals surface area (Å²) in [5.41, 5.74) is 0.297. The summed E-state index contributed by atoms with van der Waals surface area (Å²) < 4.78 is 10.8. The van der Waals surface area contributed by atoms with Gasteiger partial charge in [-0.15, -0.1) is 0 Å². The van der Waals surface area contributed by atoms with Crippen molar-refractivity contribution in [3.05, 3.63) is 54.2 Å². The number of carbonyl (C=O) groups is 2. The Balaban J connectivity index is 1.69. The van der Waals surface area contributed by atoms with E-state index in [9.17, 15) is 9.59 Å². The van der Waals surface area contributed by atoms with Crippen LogP contribution in [0.4, 0.5) is 4.79 Å². The van der Waals surface area contributed by atoms with Gasteiger partial charge in [0.1, 0.15) is 5.60 Å². The van der Waals surface area contributed by atoms with Gasteiger partial charge in [-0.1, -0.05) is 6.07 Å². The average molecular weight is 385 g/mol. The number of piperidine rings is 1. The van der Waals surface area contributed by atoms with E-state index in [-0.39, 0.29) is 18.0 Å². The molecule has 1 aliphatic heterocycles. The molecule has 0 bridgehead atoms. The molecule has 3 heterocycles. The van der Waals surface area contributed by atoms with E-state index < -0.39 is 5.60 Å². The Kier molecular flexibility index (Phi) is 6.02. The molecular formula is C21H27N3O4. The number of hydrogen-bond acceptors (Lipinski definition) is 5. The van der Waals surface area contributed by atoms with Gasteiger partial charge in [0.15, 0.2) is 5.76 Å². The molecule has 0 saturated carbocycles. The summed E-state index contributed by atoms with van der Waals surface area (Å²) >= 11 is 0. The van der Waals surface area contributed by atoms with Crippen LogP contribution >= 0.6 is 0 Å². The summed E-state index contributed by atoms with van der Waals surface area (Å²) in [7, 11) is 0. The Bertz CT molecular complexity index is 776. The van der Waals surface area contributed by atoms with Gasteiger partial charge in [0.05, 0.1) is 18.5 Å². The molecule has 0 unspecified atom stereocenters. The van der Waals surface area contributed by atoms with Gasteiger partial charge in [0.2, 0.25) is 0 Å². The maximum absolute atomic E-state index is 13.0. The molecule has 7 nitrogen and oxygen atoms in total. The van der Waals surface area contributed by atoms with Crippen LogP contribution in [-0.2, 0) is 11.3 Å². The van der Waals surface area contributed by atoms with E-state index >= 15 is 0 Å². The molecule has 1 saturated heterocycles. The summed E-state index contributed by atoms with van der Waals surface area (Å²) in [6, 6.07) is 9.03.